The number of anilines is 2. The first-order valence-corrected chi connectivity index (χ1v) is 12.7. The number of carbonyl (C=O) groups excluding carboxylic acids is 1. The Kier molecular flexibility index (Phi) is 7.04. The molecule has 172 valence electrons. The summed E-state index contributed by atoms with van der Waals surface area (Å²) in [4.78, 5) is 14.1. The van der Waals surface area contributed by atoms with Gasteiger partial charge in [-0.05, 0) is 54.6 Å². The fraction of sp³-hybridized carbons (Fsp3) is 0.174. The Balaban J connectivity index is 1.51. The lowest BCUT2D eigenvalue weighted by Gasteiger charge is -2.35. The van der Waals surface area contributed by atoms with Gasteiger partial charge in [-0.1, -0.05) is 39.7 Å². The molecule has 0 spiro atoms. The predicted octanol–water partition coefficient (Wildman–Crippen LogP) is 5.00. The van der Waals surface area contributed by atoms with Crippen molar-refractivity contribution in [3.63, 3.8) is 0 Å². The molecule has 4 rings (SSSR count). The second kappa shape index (κ2) is 9.80. The van der Waals surface area contributed by atoms with Crippen molar-refractivity contribution >= 4 is 54.8 Å². The number of sulfonamides is 1. The smallest absolute Gasteiger partial charge is 0.255 e. The van der Waals surface area contributed by atoms with Gasteiger partial charge in [0.2, 0.25) is 10.0 Å². The molecule has 0 unspecified atom stereocenters. The van der Waals surface area contributed by atoms with E-state index >= 15 is 0 Å². The van der Waals surface area contributed by atoms with Crippen LogP contribution in [0.4, 0.5) is 15.8 Å². The summed E-state index contributed by atoms with van der Waals surface area (Å²) in [7, 11) is -4.13. The van der Waals surface area contributed by atoms with E-state index in [-0.39, 0.29) is 18.7 Å². The monoisotopic (exact) mass is 551 g/mol. The van der Waals surface area contributed by atoms with E-state index in [9.17, 15) is 17.6 Å². The van der Waals surface area contributed by atoms with Crippen LogP contribution in [0.15, 0.2) is 76.1 Å². The zero-order chi connectivity index (χ0) is 23.6. The lowest BCUT2D eigenvalue weighted by atomic mass is 10.2. The molecule has 1 N–H and O–H groups in total. The van der Waals surface area contributed by atoms with Gasteiger partial charge < -0.3 is 10.2 Å². The molecule has 1 aliphatic heterocycles. The molecule has 0 bridgehead atoms. The van der Waals surface area contributed by atoms with Gasteiger partial charge in [0.15, 0.2) is 0 Å². The molecule has 33 heavy (non-hydrogen) atoms. The fourth-order valence-electron chi connectivity index (χ4n) is 3.60. The number of piperazine rings is 1. The number of halogens is 3. The highest BCUT2D eigenvalue weighted by molar-refractivity contribution is 9.10. The van der Waals surface area contributed by atoms with E-state index in [1.807, 2.05) is 23.1 Å². The van der Waals surface area contributed by atoms with Crippen LogP contribution in [-0.2, 0) is 10.0 Å². The molecular weight excluding hydrogens is 533 g/mol. The summed E-state index contributed by atoms with van der Waals surface area (Å²) >= 11 is 9.57. The number of para-hydroxylation sites is 1. The number of nitrogens with zero attached hydrogens (tertiary/aromatic N) is 2. The Hall–Kier alpha value is -2.46. The lowest BCUT2D eigenvalue weighted by molar-refractivity contribution is 0.102. The third-order valence-corrected chi connectivity index (χ3v) is 8.11. The second-order valence-corrected chi connectivity index (χ2v) is 10.7. The van der Waals surface area contributed by atoms with E-state index < -0.39 is 26.6 Å². The van der Waals surface area contributed by atoms with Crippen LogP contribution in [0.2, 0.25) is 5.02 Å². The van der Waals surface area contributed by atoms with Crippen molar-refractivity contribution in [1.82, 2.24) is 4.31 Å². The van der Waals surface area contributed by atoms with Crippen LogP contribution in [-0.4, -0.2) is 44.8 Å². The van der Waals surface area contributed by atoms with Crippen LogP contribution < -0.4 is 10.2 Å². The molecular formula is C23H20BrClFN3O3S. The van der Waals surface area contributed by atoms with E-state index in [4.69, 9.17) is 11.6 Å². The summed E-state index contributed by atoms with van der Waals surface area (Å²) in [5, 5.41) is 3.27. The average Bonchev–Trinajstić information content (AvgIpc) is 2.81. The minimum atomic E-state index is -4.13. The Morgan fingerprint density at radius 1 is 0.970 bits per heavy atom. The largest absolute Gasteiger partial charge is 0.368 e. The van der Waals surface area contributed by atoms with Crippen LogP contribution in [0, 0.1) is 5.82 Å². The van der Waals surface area contributed by atoms with Crippen LogP contribution in [0.1, 0.15) is 10.4 Å². The molecule has 1 fully saturated rings. The molecule has 1 saturated heterocycles. The molecule has 0 aliphatic carbocycles. The second-order valence-electron chi connectivity index (χ2n) is 7.45. The molecule has 0 aromatic heterocycles. The Morgan fingerprint density at radius 3 is 2.30 bits per heavy atom. The molecule has 3 aromatic carbocycles. The summed E-state index contributed by atoms with van der Waals surface area (Å²) in [6.07, 6.45) is 0. The molecule has 0 saturated carbocycles. The third-order valence-electron chi connectivity index (χ3n) is 5.35. The van der Waals surface area contributed by atoms with E-state index in [0.29, 0.717) is 23.8 Å². The average molecular weight is 553 g/mol. The van der Waals surface area contributed by atoms with Crippen molar-refractivity contribution in [3.8, 4) is 0 Å². The van der Waals surface area contributed by atoms with Crippen molar-refractivity contribution in [2.75, 3.05) is 36.4 Å². The zero-order valence-electron chi connectivity index (χ0n) is 17.3. The number of amides is 1. The van der Waals surface area contributed by atoms with Crippen molar-refractivity contribution < 1.29 is 17.6 Å². The zero-order valence-corrected chi connectivity index (χ0v) is 20.5. The summed E-state index contributed by atoms with van der Waals surface area (Å²) in [6.45, 7) is 1.16. The Bertz CT molecular complexity index is 1280. The standard InChI is InChI=1S/C23H20BrClFN3O3S/c24-17-6-8-18(9-7-17)27-23(30)16-5-10-20(26)22(15-16)33(31,32)29-13-11-28(12-14-29)21-4-2-1-3-19(21)25/h1-10,15H,11-14H2,(H,27,30). The minimum absolute atomic E-state index is 0.0487. The minimum Gasteiger partial charge on any atom is -0.368 e. The van der Waals surface area contributed by atoms with E-state index in [0.717, 1.165) is 22.3 Å². The van der Waals surface area contributed by atoms with Crippen molar-refractivity contribution in [2.24, 2.45) is 0 Å². The topological polar surface area (TPSA) is 69.7 Å². The normalized spacial score (nSPS) is 14.8. The summed E-state index contributed by atoms with van der Waals surface area (Å²) in [5.74, 6) is -1.43. The number of hydrogen-bond acceptors (Lipinski definition) is 4. The van der Waals surface area contributed by atoms with Crippen LogP contribution in [0.25, 0.3) is 0 Å². The quantitative estimate of drug-likeness (QED) is 0.483. The summed E-state index contributed by atoms with van der Waals surface area (Å²) < 4.78 is 43.0. The van der Waals surface area contributed by atoms with E-state index in [2.05, 4.69) is 21.2 Å². The van der Waals surface area contributed by atoms with Gasteiger partial charge in [0.05, 0.1) is 10.7 Å². The third kappa shape index (κ3) is 5.22. The predicted molar refractivity (Wildman–Crippen MR) is 131 cm³/mol. The number of carbonyl (C=O) groups is 1. The maximum atomic E-state index is 14.6. The molecule has 1 amide bonds. The number of hydrogen-bond donors (Lipinski definition) is 1. The van der Waals surface area contributed by atoms with Gasteiger partial charge in [-0.25, -0.2) is 12.8 Å². The first kappa shape index (κ1) is 23.7. The van der Waals surface area contributed by atoms with Gasteiger partial charge in [0.25, 0.3) is 5.91 Å². The number of nitrogens with one attached hydrogen (secondary N) is 1. The van der Waals surface area contributed by atoms with Gasteiger partial charge in [0.1, 0.15) is 10.7 Å². The van der Waals surface area contributed by atoms with Crippen LogP contribution >= 0.6 is 27.5 Å². The lowest BCUT2D eigenvalue weighted by Crippen LogP contribution is -2.48. The highest BCUT2D eigenvalue weighted by Crippen LogP contribution is 2.28. The van der Waals surface area contributed by atoms with Crippen LogP contribution in [0.3, 0.4) is 0 Å². The number of rotatable bonds is 5. The summed E-state index contributed by atoms with van der Waals surface area (Å²) in [6, 6.07) is 17.6. The fourth-order valence-corrected chi connectivity index (χ4v) is 5.63. The van der Waals surface area contributed by atoms with Gasteiger partial charge in [-0.3, -0.25) is 4.79 Å². The first-order valence-electron chi connectivity index (χ1n) is 10.1. The SMILES string of the molecule is O=C(Nc1ccc(Br)cc1)c1ccc(F)c(S(=O)(=O)N2CCN(c3ccccc3Cl)CC2)c1. The molecule has 3 aromatic rings. The van der Waals surface area contributed by atoms with Gasteiger partial charge in [-0.2, -0.15) is 4.31 Å². The van der Waals surface area contributed by atoms with Crippen molar-refractivity contribution in [1.29, 1.82) is 0 Å². The molecule has 1 heterocycles. The van der Waals surface area contributed by atoms with Gasteiger partial charge in [0, 0.05) is 41.9 Å². The highest BCUT2D eigenvalue weighted by atomic mass is 79.9. The van der Waals surface area contributed by atoms with Gasteiger partial charge in [-0.15, -0.1) is 0 Å². The molecule has 6 nitrogen and oxygen atoms in total. The first-order chi connectivity index (χ1) is 15.8. The Morgan fingerprint density at radius 2 is 1.64 bits per heavy atom. The molecule has 1 aliphatic rings. The Labute approximate surface area is 205 Å². The van der Waals surface area contributed by atoms with E-state index in [1.165, 1.54) is 10.4 Å². The maximum absolute atomic E-state index is 14.6. The van der Waals surface area contributed by atoms with Crippen LogP contribution in [0.5, 0.6) is 0 Å². The highest BCUT2D eigenvalue weighted by Gasteiger charge is 2.31. The van der Waals surface area contributed by atoms with Gasteiger partial charge >= 0.3 is 0 Å². The van der Waals surface area contributed by atoms with E-state index in [1.54, 1.807) is 30.3 Å². The van der Waals surface area contributed by atoms with Crippen molar-refractivity contribution in [3.05, 3.63) is 87.6 Å². The summed E-state index contributed by atoms with van der Waals surface area (Å²) in [5.41, 5.74) is 1.41. The van der Waals surface area contributed by atoms with Crippen molar-refractivity contribution in [2.45, 2.75) is 4.90 Å². The number of benzene rings is 3. The molecule has 10 heteroatoms. The maximum Gasteiger partial charge on any atom is 0.255 e. The molecule has 0 radical (unpaired) electrons. The molecule has 0 atom stereocenters.